The van der Waals surface area contributed by atoms with Gasteiger partial charge in [-0.2, -0.15) is 0 Å². The summed E-state index contributed by atoms with van der Waals surface area (Å²) in [5, 5.41) is 5.48. The van der Waals surface area contributed by atoms with Gasteiger partial charge in [0.05, 0.1) is 13.0 Å². The van der Waals surface area contributed by atoms with Crippen LogP contribution in [0.15, 0.2) is 48.5 Å². The van der Waals surface area contributed by atoms with E-state index in [0.29, 0.717) is 0 Å². The third kappa shape index (κ3) is 4.45. The molecule has 0 unspecified atom stereocenters. The van der Waals surface area contributed by atoms with Crippen LogP contribution in [-0.2, 0) is 16.0 Å². The Morgan fingerprint density at radius 1 is 0.864 bits per heavy atom. The summed E-state index contributed by atoms with van der Waals surface area (Å²) in [7, 11) is 0. The SMILES string of the molecule is Cc1cccc(C)c1NC(=O)CNC(=O)Cc1ccccc1. The zero-order valence-electron chi connectivity index (χ0n) is 12.8. The van der Waals surface area contributed by atoms with Gasteiger partial charge in [0.1, 0.15) is 0 Å². The van der Waals surface area contributed by atoms with E-state index in [0.717, 1.165) is 22.4 Å². The molecular weight excluding hydrogens is 276 g/mol. The van der Waals surface area contributed by atoms with Crippen molar-refractivity contribution in [2.45, 2.75) is 20.3 Å². The molecular formula is C18H20N2O2. The normalized spacial score (nSPS) is 10.1. The zero-order chi connectivity index (χ0) is 15.9. The Morgan fingerprint density at radius 2 is 1.50 bits per heavy atom. The molecule has 2 aromatic rings. The topological polar surface area (TPSA) is 58.2 Å². The highest BCUT2D eigenvalue weighted by Gasteiger charge is 2.09. The maximum Gasteiger partial charge on any atom is 0.243 e. The van der Waals surface area contributed by atoms with Crippen LogP contribution in [0.1, 0.15) is 16.7 Å². The molecule has 0 aliphatic heterocycles. The Labute approximate surface area is 130 Å². The van der Waals surface area contributed by atoms with Crippen molar-refractivity contribution in [1.82, 2.24) is 5.32 Å². The van der Waals surface area contributed by atoms with Gasteiger partial charge >= 0.3 is 0 Å². The minimum Gasteiger partial charge on any atom is -0.347 e. The molecule has 4 heteroatoms. The predicted octanol–water partition coefficient (Wildman–Crippen LogP) is 2.60. The lowest BCUT2D eigenvalue weighted by Crippen LogP contribution is -2.34. The van der Waals surface area contributed by atoms with E-state index >= 15 is 0 Å². The minimum absolute atomic E-state index is 0.0283. The maximum absolute atomic E-state index is 11.9. The number of anilines is 1. The predicted molar refractivity (Wildman–Crippen MR) is 87.7 cm³/mol. The lowest BCUT2D eigenvalue weighted by molar-refractivity contribution is -0.123. The molecule has 2 rings (SSSR count). The number of amides is 2. The molecule has 0 atom stereocenters. The number of para-hydroxylation sites is 1. The van der Waals surface area contributed by atoms with E-state index in [1.165, 1.54) is 0 Å². The first-order chi connectivity index (χ1) is 10.6. The standard InChI is InChI=1S/C18H20N2O2/c1-13-7-6-8-14(2)18(13)20-17(22)12-19-16(21)11-15-9-4-3-5-10-15/h3-10H,11-12H2,1-2H3,(H,19,21)(H,20,22). The number of rotatable bonds is 5. The molecule has 0 saturated heterocycles. The fourth-order valence-electron chi connectivity index (χ4n) is 2.22. The molecule has 2 N–H and O–H groups in total. The van der Waals surface area contributed by atoms with E-state index in [9.17, 15) is 9.59 Å². The van der Waals surface area contributed by atoms with Gasteiger partial charge in [-0.15, -0.1) is 0 Å². The van der Waals surface area contributed by atoms with Crippen LogP contribution in [0, 0.1) is 13.8 Å². The second-order valence-electron chi connectivity index (χ2n) is 5.25. The van der Waals surface area contributed by atoms with Crippen molar-refractivity contribution in [3.8, 4) is 0 Å². The summed E-state index contributed by atoms with van der Waals surface area (Å²) in [6, 6.07) is 15.3. The van der Waals surface area contributed by atoms with Crippen LogP contribution in [0.3, 0.4) is 0 Å². The summed E-state index contributed by atoms with van der Waals surface area (Å²) in [6.45, 7) is 3.85. The number of carbonyl (C=O) groups excluding carboxylic acids is 2. The monoisotopic (exact) mass is 296 g/mol. The lowest BCUT2D eigenvalue weighted by atomic mass is 10.1. The van der Waals surface area contributed by atoms with Gasteiger partial charge in [0, 0.05) is 5.69 Å². The largest absolute Gasteiger partial charge is 0.347 e. The van der Waals surface area contributed by atoms with Crippen molar-refractivity contribution in [2.75, 3.05) is 11.9 Å². The molecule has 0 radical (unpaired) electrons. The average Bonchev–Trinajstić information content (AvgIpc) is 2.50. The van der Waals surface area contributed by atoms with Crippen LogP contribution in [0.25, 0.3) is 0 Å². The maximum atomic E-state index is 11.9. The van der Waals surface area contributed by atoms with Crippen LogP contribution in [0.4, 0.5) is 5.69 Å². The fourth-order valence-corrected chi connectivity index (χ4v) is 2.22. The highest BCUT2D eigenvalue weighted by molar-refractivity contribution is 5.95. The average molecular weight is 296 g/mol. The third-order valence-corrected chi connectivity index (χ3v) is 3.40. The number of hydrogen-bond donors (Lipinski definition) is 2. The number of aryl methyl sites for hydroxylation is 2. The van der Waals surface area contributed by atoms with E-state index < -0.39 is 0 Å². The first kappa shape index (κ1) is 15.8. The summed E-state index contributed by atoms with van der Waals surface area (Å²) < 4.78 is 0. The Kier molecular flexibility index (Phi) is 5.31. The van der Waals surface area contributed by atoms with E-state index in [1.807, 2.05) is 62.4 Å². The van der Waals surface area contributed by atoms with Crippen LogP contribution in [0.5, 0.6) is 0 Å². The van der Waals surface area contributed by atoms with Crippen molar-refractivity contribution in [1.29, 1.82) is 0 Å². The molecule has 114 valence electrons. The molecule has 0 heterocycles. The lowest BCUT2D eigenvalue weighted by Gasteiger charge is -2.12. The van der Waals surface area contributed by atoms with Crippen molar-refractivity contribution >= 4 is 17.5 Å². The van der Waals surface area contributed by atoms with E-state index in [1.54, 1.807) is 0 Å². The summed E-state index contributed by atoms with van der Waals surface area (Å²) in [5.41, 5.74) is 3.74. The van der Waals surface area contributed by atoms with Gasteiger partial charge in [0.25, 0.3) is 0 Å². The van der Waals surface area contributed by atoms with Crippen LogP contribution in [-0.4, -0.2) is 18.4 Å². The Balaban J connectivity index is 1.84. The highest BCUT2D eigenvalue weighted by Crippen LogP contribution is 2.18. The second-order valence-corrected chi connectivity index (χ2v) is 5.25. The molecule has 0 spiro atoms. The molecule has 2 amide bonds. The van der Waals surface area contributed by atoms with Crippen LogP contribution in [0.2, 0.25) is 0 Å². The van der Waals surface area contributed by atoms with Gasteiger partial charge < -0.3 is 10.6 Å². The van der Waals surface area contributed by atoms with Gasteiger partial charge in [-0.1, -0.05) is 48.5 Å². The Bertz CT molecular complexity index is 646. The molecule has 2 aromatic carbocycles. The summed E-state index contributed by atoms with van der Waals surface area (Å²) in [4.78, 5) is 23.8. The van der Waals surface area contributed by atoms with Gasteiger partial charge in [-0.3, -0.25) is 9.59 Å². The molecule has 4 nitrogen and oxygen atoms in total. The summed E-state index contributed by atoms with van der Waals surface area (Å²) in [5.74, 6) is -0.387. The van der Waals surface area contributed by atoms with Crippen LogP contribution < -0.4 is 10.6 Å². The molecule has 0 saturated carbocycles. The molecule has 0 aliphatic carbocycles. The first-order valence-corrected chi connectivity index (χ1v) is 7.23. The van der Waals surface area contributed by atoms with E-state index in [2.05, 4.69) is 10.6 Å². The number of benzene rings is 2. The first-order valence-electron chi connectivity index (χ1n) is 7.23. The molecule has 0 bridgehead atoms. The van der Waals surface area contributed by atoms with Crippen molar-refractivity contribution < 1.29 is 9.59 Å². The Morgan fingerprint density at radius 3 is 2.14 bits per heavy atom. The van der Waals surface area contributed by atoms with Gasteiger partial charge in [-0.25, -0.2) is 0 Å². The quantitative estimate of drug-likeness (QED) is 0.891. The van der Waals surface area contributed by atoms with Gasteiger partial charge in [0.15, 0.2) is 0 Å². The summed E-state index contributed by atoms with van der Waals surface area (Å²) >= 11 is 0. The third-order valence-electron chi connectivity index (χ3n) is 3.40. The minimum atomic E-state index is -0.223. The molecule has 0 aromatic heterocycles. The molecule has 22 heavy (non-hydrogen) atoms. The fraction of sp³-hybridized carbons (Fsp3) is 0.222. The van der Waals surface area contributed by atoms with Crippen molar-refractivity contribution in [3.05, 3.63) is 65.2 Å². The number of carbonyl (C=O) groups is 2. The molecule has 0 aliphatic rings. The number of nitrogens with one attached hydrogen (secondary N) is 2. The van der Waals surface area contributed by atoms with Gasteiger partial charge in [-0.05, 0) is 30.5 Å². The van der Waals surface area contributed by atoms with E-state index in [-0.39, 0.29) is 24.8 Å². The molecule has 0 fully saturated rings. The number of hydrogen-bond acceptors (Lipinski definition) is 2. The Hall–Kier alpha value is -2.62. The second kappa shape index (κ2) is 7.41. The zero-order valence-corrected chi connectivity index (χ0v) is 12.8. The van der Waals surface area contributed by atoms with Crippen molar-refractivity contribution in [3.63, 3.8) is 0 Å². The smallest absolute Gasteiger partial charge is 0.243 e. The van der Waals surface area contributed by atoms with E-state index in [4.69, 9.17) is 0 Å². The van der Waals surface area contributed by atoms with Crippen molar-refractivity contribution in [2.24, 2.45) is 0 Å². The van der Waals surface area contributed by atoms with Crippen LogP contribution >= 0.6 is 0 Å². The summed E-state index contributed by atoms with van der Waals surface area (Å²) in [6.07, 6.45) is 0.275. The van der Waals surface area contributed by atoms with Gasteiger partial charge in [0.2, 0.25) is 11.8 Å². The highest BCUT2D eigenvalue weighted by atomic mass is 16.2.